The topological polar surface area (TPSA) is 16.1 Å². The minimum absolute atomic E-state index is 0.0977. The largest absolute Gasteiger partial charge is 0.309 e. The summed E-state index contributed by atoms with van der Waals surface area (Å²) in [6.45, 7) is 17.3. The van der Waals surface area contributed by atoms with E-state index >= 15 is 0 Å². The molecule has 1 aromatic carbocycles. The van der Waals surface area contributed by atoms with Crippen molar-refractivity contribution in [2.75, 3.05) is 4.90 Å². The first-order chi connectivity index (χ1) is 11.9. The number of pyridine rings is 1. The van der Waals surface area contributed by atoms with Gasteiger partial charge in [-0.3, -0.25) is 4.98 Å². The van der Waals surface area contributed by atoms with Crippen LogP contribution in [-0.4, -0.2) is 4.98 Å². The molecule has 2 aromatic rings. The van der Waals surface area contributed by atoms with Gasteiger partial charge in [-0.15, -0.1) is 0 Å². The highest BCUT2D eigenvalue weighted by Gasteiger charge is 2.45. The van der Waals surface area contributed by atoms with Gasteiger partial charge in [0.2, 0.25) is 0 Å². The van der Waals surface area contributed by atoms with Gasteiger partial charge in [-0.25, -0.2) is 0 Å². The molecule has 0 atom stereocenters. The lowest BCUT2D eigenvalue weighted by atomic mass is 9.66. The summed E-state index contributed by atoms with van der Waals surface area (Å²) in [7, 11) is 0. The van der Waals surface area contributed by atoms with Gasteiger partial charge in [0.1, 0.15) is 0 Å². The number of fused-ring (bicyclic) bond motifs is 2. The maximum atomic E-state index is 4.41. The number of hydrogen-bond acceptors (Lipinski definition) is 2. The second-order valence-corrected chi connectivity index (χ2v) is 7.89. The van der Waals surface area contributed by atoms with Crippen LogP contribution in [0.3, 0.4) is 0 Å². The summed E-state index contributed by atoms with van der Waals surface area (Å²) in [6, 6.07) is 8.78. The van der Waals surface area contributed by atoms with E-state index in [2.05, 4.69) is 75.0 Å². The molecule has 25 heavy (non-hydrogen) atoms. The zero-order valence-electron chi connectivity index (χ0n) is 15.4. The molecule has 0 radical (unpaired) electrons. The molecule has 0 amide bonds. The Balaban J connectivity index is 2.20. The molecule has 2 aliphatic rings. The van der Waals surface area contributed by atoms with Crippen molar-refractivity contribution in [2.24, 2.45) is 0 Å². The average Bonchev–Trinajstić information content (AvgIpc) is 2.60. The first-order valence-corrected chi connectivity index (χ1v) is 8.74. The first kappa shape index (κ1) is 15.9. The minimum atomic E-state index is -0.117. The summed E-state index contributed by atoms with van der Waals surface area (Å²) in [5.74, 6) is 0. The molecule has 126 valence electrons. The molecule has 0 unspecified atom stereocenters. The summed E-state index contributed by atoms with van der Waals surface area (Å²) in [5, 5.41) is 0. The molecule has 0 aliphatic carbocycles. The smallest absolute Gasteiger partial charge is 0.0543 e. The van der Waals surface area contributed by atoms with Gasteiger partial charge >= 0.3 is 0 Å². The van der Waals surface area contributed by atoms with Crippen LogP contribution in [0.4, 0.5) is 11.4 Å². The predicted molar refractivity (Wildman–Crippen MR) is 105 cm³/mol. The third-order valence-corrected chi connectivity index (χ3v) is 5.91. The Hall–Kier alpha value is -2.61. The molecule has 2 nitrogen and oxygen atoms in total. The predicted octanol–water partition coefficient (Wildman–Crippen LogP) is 5.78. The van der Waals surface area contributed by atoms with Crippen LogP contribution in [0.5, 0.6) is 0 Å². The third-order valence-electron chi connectivity index (χ3n) is 5.91. The van der Waals surface area contributed by atoms with Crippen LogP contribution in [0.2, 0.25) is 0 Å². The van der Waals surface area contributed by atoms with E-state index in [1.165, 1.54) is 33.6 Å². The van der Waals surface area contributed by atoms with E-state index in [-0.39, 0.29) is 10.8 Å². The van der Waals surface area contributed by atoms with E-state index in [0.29, 0.717) is 0 Å². The van der Waals surface area contributed by atoms with Crippen LogP contribution >= 0.6 is 0 Å². The highest BCUT2D eigenvalue weighted by Crippen LogP contribution is 2.57. The van der Waals surface area contributed by atoms with Crippen LogP contribution in [-0.2, 0) is 10.8 Å². The van der Waals surface area contributed by atoms with Crippen molar-refractivity contribution in [1.82, 2.24) is 4.98 Å². The van der Waals surface area contributed by atoms with Crippen molar-refractivity contribution >= 4 is 11.4 Å². The zero-order chi connectivity index (χ0) is 18.0. The normalized spacial score (nSPS) is 19.1. The maximum absolute atomic E-state index is 4.41. The molecule has 0 saturated carbocycles. The van der Waals surface area contributed by atoms with Crippen molar-refractivity contribution in [1.29, 1.82) is 0 Å². The Kier molecular flexibility index (Phi) is 3.15. The summed E-state index contributed by atoms with van der Waals surface area (Å²) >= 11 is 0. The van der Waals surface area contributed by atoms with Gasteiger partial charge in [0, 0.05) is 34.5 Å². The monoisotopic (exact) mass is 328 g/mol. The molecule has 0 spiro atoms. The maximum Gasteiger partial charge on any atom is 0.0543 e. The van der Waals surface area contributed by atoms with Gasteiger partial charge in [-0.1, -0.05) is 65.1 Å². The number of rotatable bonds is 2. The third kappa shape index (κ3) is 1.82. The number of allylic oxidation sites excluding steroid dienone is 3. The number of para-hydroxylation sites is 1. The fraction of sp³-hybridized carbons (Fsp3) is 0.261. The van der Waals surface area contributed by atoms with E-state index in [4.69, 9.17) is 0 Å². The minimum Gasteiger partial charge on any atom is -0.309 e. The Morgan fingerprint density at radius 1 is 0.920 bits per heavy atom. The zero-order valence-corrected chi connectivity index (χ0v) is 15.4. The second kappa shape index (κ2) is 4.95. The van der Waals surface area contributed by atoms with Gasteiger partial charge in [0.05, 0.1) is 11.4 Å². The number of aromatic nitrogens is 1. The summed E-state index contributed by atoms with van der Waals surface area (Å²) in [6.07, 6.45) is 7.81. The highest BCUT2D eigenvalue weighted by molar-refractivity contribution is 5.87. The fourth-order valence-corrected chi connectivity index (χ4v) is 4.52. The standard InChI is InChI=1S/C23H24N2/c1-7-15-19(8-2)25-20-12-13-24-14-18(20)23(5,6)17-11-9-10-16(21(17)25)22(15,3)4/h7-14H,1-2H2,3-6H3. The molecule has 1 aromatic heterocycles. The molecule has 0 fully saturated rings. The molecule has 0 bridgehead atoms. The van der Waals surface area contributed by atoms with Gasteiger partial charge in [-0.05, 0) is 28.8 Å². The Morgan fingerprint density at radius 2 is 1.60 bits per heavy atom. The summed E-state index contributed by atoms with van der Waals surface area (Å²) in [4.78, 5) is 6.76. The first-order valence-electron chi connectivity index (χ1n) is 8.74. The molecule has 3 heterocycles. The number of nitrogens with zero attached hydrogens (tertiary/aromatic N) is 2. The van der Waals surface area contributed by atoms with E-state index in [9.17, 15) is 0 Å². The van der Waals surface area contributed by atoms with Crippen molar-refractivity contribution in [3.63, 3.8) is 0 Å². The molecule has 2 heteroatoms. The van der Waals surface area contributed by atoms with Gasteiger partial charge < -0.3 is 4.90 Å². The van der Waals surface area contributed by atoms with Crippen LogP contribution in [0.15, 0.2) is 73.2 Å². The summed E-state index contributed by atoms with van der Waals surface area (Å²) in [5.41, 5.74) is 8.48. The van der Waals surface area contributed by atoms with Crippen LogP contribution < -0.4 is 4.90 Å². The number of anilines is 2. The van der Waals surface area contributed by atoms with Crippen molar-refractivity contribution in [2.45, 2.75) is 38.5 Å². The van der Waals surface area contributed by atoms with E-state index in [1.807, 2.05) is 24.5 Å². The molecule has 0 N–H and O–H groups in total. The summed E-state index contributed by atoms with van der Waals surface area (Å²) < 4.78 is 0. The SMILES string of the molecule is C=CC1=C(C=C)C(C)(C)c2cccc3c2N1c1ccncc1C3(C)C. The second-order valence-electron chi connectivity index (χ2n) is 7.89. The Bertz CT molecular complexity index is 944. The van der Waals surface area contributed by atoms with E-state index < -0.39 is 0 Å². The van der Waals surface area contributed by atoms with Crippen LogP contribution in [0, 0.1) is 0 Å². The van der Waals surface area contributed by atoms with Crippen molar-refractivity contribution < 1.29 is 0 Å². The lowest BCUT2D eigenvalue weighted by Gasteiger charge is -2.49. The average molecular weight is 328 g/mol. The van der Waals surface area contributed by atoms with Gasteiger partial charge in [0.25, 0.3) is 0 Å². The Labute approximate surface area is 150 Å². The van der Waals surface area contributed by atoms with E-state index in [0.717, 1.165) is 5.70 Å². The molecule has 2 aliphatic heterocycles. The molecular weight excluding hydrogens is 304 g/mol. The van der Waals surface area contributed by atoms with Crippen molar-refractivity contribution in [3.05, 3.63) is 89.9 Å². The quantitative estimate of drug-likeness (QED) is 0.695. The molecular formula is C23H24N2. The van der Waals surface area contributed by atoms with Crippen molar-refractivity contribution in [3.8, 4) is 0 Å². The fourth-order valence-electron chi connectivity index (χ4n) is 4.52. The van der Waals surface area contributed by atoms with Gasteiger partial charge in [0.15, 0.2) is 0 Å². The number of benzene rings is 1. The lowest BCUT2D eigenvalue weighted by Crippen LogP contribution is -2.40. The molecule has 0 saturated heterocycles. The number of hydrogen-bond donors (Lipinski definition) is 0. The highest BCUT2D eigenvalue weighted by atomic mass is 15.2. The van der Waals surface area contributed by atoms with Crippen LogP contribution in [0.1, 0.15) is 44.4 Å². The van der Waals surface area contributed by atoms with E-state index in [1.54, 1.807) is 0 Å². The molecule has 4 rings (SSSR count). The van der Waals surface area contributed by atoms with Crippen LogP contribution in [0.25, 0.3) is 0 Å². The Morgan fingerprint density at radius 3 is 2.24 bits per heavy atom. The lowest BCUT2D eigenvalue weighted by molar-refractivity contribution is 0.588. The van der Waals surface area contributed by atoms with Gasteiger partial charge in [-0.2, -0.15) is 0 Å².